The monoisotopic (exact) mass is 218 g/mol. The van der Waals surface area contributed by atoms with Crippen molar-refractivity contribution in [2.24, 2.45) is 5.41 Å². The molecule has 1 heteroatoms. The van der Waals surface area contributed by atoms with Crippen LogP contribution in [-0.2, 0) is 6.42 Å². The van der Waals surface area contributed by atoms with Crippen molar-refractivity contribution in [3.8, 4) is 0 Å². The zero-order valence-electron chi connectivity index (χ0n) is 10.6. The van der Waals surface area contributed by atoms with E-state index in [2.05, 4.69) is 32.9 Å². The Morgan fingerprint density at radius 2 is 1.81 bits per heavy atom. The van der Waals surface area contributed by atoms with Crippen molar-refractivity contribution in [1.82, 2.24) is 0 Å². The standard InChI is InChI=1S/C15H22O/c1-11-5-6-14(13(3)12(11)2)9-15(10-16)7-4-8-15/h5-6,16H,4,7-10H2,1-3H3. The highest BCUT2D eigenvalue weighted by atomic mass is 16.3. The van der Waals surface area contributed by atoms with Gasteiger partial charge in [-0.15, -0.1) is 0 Å². The molecule has 1 nitrogen and oxygen atoms in total. The third-order valence-electron chi connectivity index (χ3n) is 4.49. The SMILES string of the molecule is Cc1ccc(CC2(CO)CCC2)c(C)c1C. The predicted octanol–water partition coefficient (Wildman–Crippen LogP) is 3.32. The van der Waals surface area contributed by atoms with E-state index in [1.807, 2.05) is 0 Å². The zero-order chi connectivity index (χ0) is 11.8. The second kappa shape index (κ2) is 4.21. The lowest BCUT2D eigenvalue weighted by molar-refractivity contribution is 0.0449. The van der Waals surface area contributed by atoms with Crippen molar-refractivity contribution in [2.75, 3.05) is 6.61 Å². The molecule has 16 heavy (non-hydrogen) atoms. The lowest BCUT2D eigenvalue weighted by Crippen LogP contribution is -2.35. The lowest BCUT2D eigenvalue weighted by Gasteiger charge is -2.41. The minimum absolute atomic E-state index is 0.201. The Morgan fingerprint density at radius 1 is 1.12 bits per heavy atom. The van der Waals surface area contributed by atoms with Crippen LogP contribution in [0.1, 0.15) is 41.5 Å². The van der Waals surface area contributed by atoms with E-state index in [1.165, 1.54) is 41.5 Å². The molecule has 1 saturated carbocycles. The normalized spacial score (nSPS) is 18.2. The topological polar surface area (TPSA) is 20.2 Å². The van der Waals surface area contributed by atoms with Crippen LogP contribution in [0.2, 0.25) is 0 Å². The predicted molar refractivity (Wildman–Crippen MR) is 67.7 cm³/mol. The molecule has 0 radical (unpaired) electrons. The molecule has 0 atom stereocenters. The van der Waals surface area contributed by atoms with Gasteiger partial charge in [0.25, 0.3) is 0 Å². The fourth-order valence-electron chi connectivity index (χ4n) is 2.68. The molecule has 1 aromatic rings. The zero-order valence-corrected chi connectivity index (χ0v) is 10.6. The molecule has 2 rings (SSSR count). The van der Waals surface area contributed by atoms with E-state index >= 15 is 0 Å². The Hall–Kier alpha value is -0.820. The number of aliphatic hydroxyl groups is 1. The van der Waals surface area contributed by atoms with Gasteiger partial charge in [-0.3, -0.25) is 0 Å². The Labute approximate surface area is 98.5 Å². The molecule has 0 aromatic heterocycles. The summed E-state index contributed by atoms with van der Waals surface area (Å²) in [4.78, 5) is 0. The molecule has 0 saturated heterocycles. The Balaban J connectivity index is 2.25. The third-order valence-corrected chi connectivity index (χ3v) is 4.49. The fraction of sp³-hybridized carbons (Fsp3) is 0.600. The van der Waals surface area contributed by atoms with Crippen LogP contribution in [0.3, 0.4) is 0 Å². The minimum Gasteiger partial charge on any atom is -0.396 e. The first-order valence-electron chi connectivity index (χ1n) is 6.24. The number of hydrogen-bond acceptors (Lipinski definition) is 1. The van der Waals surface area contributed by atoms with Gasteiger partial charge in [-0.05, 0) is 67.7 Å². The van der Waals surface area contributed by atoms with Crippen LogP contribution in [0.5, 0.6) is 0 Å². The fourth-order valence-corrected chi connectivity index (χ4v) is 2.68. The maximum absolute atomic E-state index is 9.51. The smallest absolute Gasteiger partial charge is 0.0490 e. The molecule has 1 fully saturated rings. The highest BCUT2D eigenvalue weighted by molar-refractivity contribution is 5.39. The van der Waals surface area contributed by atoms with Gasteiger partial charge in [-0.1, -0.05) is 18.6 Å². The summed E-state index contributed by atoms with van der Waals surface area (Å²) in [6, 6.07) is 4.45. The molecule has 0 aliphatic heterocycles. The number of aryl methyl sites for hydroxylation is 1. The summed E-state index contributed by atoms with van der Waals surface area (Å²) in [7, 11) is 0. The van der Waals surface area contributed by atoms with Crippen molar-refractivity contribution in [1.29, 1.82) is 0 Å². The van der Waals surface area contributed by atoms with E-state index < -0.39 is 0 Å². The summed E-state index contributed by atoms with van der Waals surface area (Å²) in [5.74, 6) is 0. The van der Waals surface area contributed by atoms with Crippen molar-refractivity contribution >= 4 is 0 Å². The first kappa shape index (κ1) is 11.7. The molecular weight excluding hydrogens is 196 g/mol. The maximum atomic E-state index is 9.51. The second-order valence-electron chi connectivity index (χ2n) is 5.48. The van der Waals surface area contributed by atoms with Gasteiger partial charge < -0.3 is 5.11 Å². The summed E-state index contributed by atoms with van der Waals surface area (Å²) in [6.07, 6.45) is 4.71. The summed E-state index contributed by atoms with van der Waals surface area (Å²) in [5.41, 5.74) is 5.82. The first-order chi connectivity index (χ1) is 7.58. The molecule has 1 aliphatic carbocycles. The van der Waals surface area contributed by atoms with Crippen LogP contribution < -0.4 is 0 Å². The Kier molecular flexibility index (Phi) is 3.07. The average molecular weight is 218 g/mol. The average Bonchev–Trinajstić information content (AvgIpc) is 2.23. The van der Waals surface area contributed by atoms with Crippen LogP contribution in [0.15, 0.2) is 12.1 Å². The quantitative estimate of drug-likeness (QED) is 0.825. The van der Waals surface area contributed by atoms with Gasteiger partial charge in [-0.2, -0.15) is 0 Å². The molecule has 0 unspecified atom stereocenters. The molecule has 0 bridgehead atoms. The number of hydrogen-bond donors (Lipinski definition) is 1. The lowest BCUT2D eigenvalue weighted by atomic mass is 9.65. The van der Waals surface area contributed by atoms with Gasteiger partial charge in [0.1, 0.15) is 0 Å². The summed E-state index contributed by atoms with van der Waals surface area (Å²) < 4.78 is 0. The molecule has 0 amide bonds. The van der Waals surface area contributed by atoms with Crippen molar-refractivity contribution in [3.63, 3.8) is 0 Å². The molecule has 0 spiro atoms. The molecule has 1 N–H and O–H groups in total. The van der Waals surface area contributed by atoms with Crippen LogP contribution in [0.25, 0.3) is 0 Å². The van der Waals surface area contributed by atoms with Crippen molar-refractivity contribution in [2.45, 2.75) is 46.5 Å². The second-order valence-corrected chi connectivity index (χ2v) is 5.48. The first-order valence-corrected chi connectivity index (χ1v) is 6.24. The van der Waals surface area contributed by atoms with Gasteiger partial charge in [0.05, 0.1) is 0 Å². The van der Waals surface area contributed by atoms with Gasteiger partial charge in [0.2, 0.25) is 0 Å². The maximum Gasteiger partial charge on any atom is 0.0490 e. The van der Waals surface area contributed by atoms with Gasteiger partial charge in [0, 0.05) is 6.61 Å². The van der Waals surface area contributed by atoms with E-state index in [4.69, 9.17) is 0 Å². The molecular formula is C15H22O. The van der Waals surface area contributed by atoms with E-state index in [-0.39, 0.29) is 5.41 Å². The highest BCUT2D eigenvalue weighted by Crippen LogP contribution is 2.43. The molecule has 1 aliphatic rings. The van der Waals surface area contributed by atoms with Gasteiger partial charge in [-0.25, -0.2) is 0 Å². The number of rotatable bonds is 3. The van der Waals surface area contributed by atoms with Crippen LogP contribution in [-0.4, -0.2) is 11.7 Å². The molecule has 88 valence electrons. The van der Waals surface area contributed by atoms with Gasteiger partial charge in [0.15, 0.2) is 0 Å². The third kappa shape index (κ3) is 1.89. The number of aliphatic hydroxyl groups excluding tert-OH is 1. The van der Waals surface area contributed by atoms with Gasteiger partial charge >= 0.3 is 0 Å². The number of benzene rings is 1. The van der Waals surface area contributed by atoms with Crippen molar-refractivity contribution < 1.29 is 5.11 Å². The van der Waals surface area contributed by atoms with E-state index in [1.54, 1.807) is 0 Å². The highest BCUT2D eigenvalue weighted by Gasteiger charge is 2.36. The largest absolute Gasteiger partial charge is 0.396 e. The molecule has 0 heterocycles. The molecule has 1 aromatic carbocycles. The Morgan fingerprint density at radius 3 is 2.31 bits per heavy atom. The summed E-state index contributed by atoms with van der Waals surface area (Å²) in [6.45, 7) is 6.92. The summed E-state index contributed by atoms with van der Waals surface area (Å²) >= 11 is 0. The van der Waals surface area contributed by atoms with Crippen molar-refractivity contribution in [3.05, 3.63) is 34.4 Å². The van der Waals surface area contributed by atoms with Crippen LogP contribution >= 0.6 is 0 Å². The van der Waals surface area contributed by atoms with E-state index in [9.17, 15) is 5.11 Å². The van der Waals surface area contributed by atoms with Crippen LogP contribution in [0.4, 0.5) is 0 Å². The van der Waals surface area contributed by atoms with E-state index in [0.29, 0.717) is 6.61 Å². The Bertz CT molecular complexity index is 383. The summed E-state index contributed by atoms with van der Waals surface area (Å²) in [5, 5.41) is 9.51. The van der Waals surface area contributed by atoms with Crippen LogP contribution in [0, 0.1) is 26.2 Å². The van der Waals surface area contributed by atoms with E-state index in [0.717, 1.165) is 6.42 Å². The minimum atomic E-state index is 0.201.